The molecule has 140 valence electrons. The average molecular weight is 363 g/mol. The minimum atomic E-state index is 0.190. The number of benzene rings is 1. The van der Waals surface area contributed by atoms with E-state index in [9.17, 15) is 4.79 Å². The summed E-state index contributed by atoms with van der Waals surface area (Å²) in [6, 6.07) is 8.13. The molecule has 0 aliphatic carbocycles. The number of aromatic nitrogens is 4. The van der Waals surface area contributed by atoms with Gasteiger partial charge in [0.2, 0.25) is 5.91 Å². The summed E-state index contributed by atoms with van der Waals surface area (Å²) in [5.74, 6) is 1.30. The molecule has 1 amide bonds. The van der Waals surface area contributed by atoms with Gasteiger partial charge in [0.1, 0.15) is 5.82 Å². The molecule has 3 aromatic rings. The number of rotatable bonds is 6. The molecule has 1 fully saturated rings. The lowest BCUT2D eigenvalue weighted by atomic mass is 10.00. The first-order valence-corrected chi connectivity index (χ1v) is 9.57. The molecule has 0 unspecified atom stereocenters. The van der Waals surface area contributed by atoms with Crippen LogP contribution in [0, 0.1) is 12.8 Å². The van der Waals surface area contributed by atoms with E-state index < -0.39 is 0 Å². The van der Waals surface area contributed by atoms with Crippen LogP contribution in [0.25, 0.3) is 11.4 Å². The van der Waals surface area contributed by atoms with Crippen LogP contribution in [-0.4, -0.2) is 32.6 Å². The zero-order valence-electron chi connectivity index (χ0n) is 15.8. The number of imidazole rings is 1. The Morgan fingerprint density at radius 1 is 1.30 bits per heavy atom. The van der Waals surface area contributed by atoms with Crippen molar-refractivity contribution >= 4 is 11.6 Å². The summed E-state index contributed by atoms with van der Waals surface area (Å²) in [5, 5.41) is 7.33. The third-order valence-corrected chi connectivity index (χ3v) is 5.13. The zero-order chi connectivity index (χ0) is 18.8. The van der Waals surface area contributed by atoms with Crippen LogP contribution < -0.4 is 4.90 Å². The molecule has 27 heavy (non-hydrogen) atoms. The van der Waals surface area contributed by atoms with Crippen molar-refractivity contribution in [3.8, 4) is 11.4 Å². The number of nitrogens with zero attached hydrogens (tertiary/aromatic N) is 3. The Bertz CT molecular complexity index is 941. The van der Waals surface area contributed by atoms with Crippen LogP contribution in [0.1, 0.15) is 36.7 Å². The third-order valence-electron chi connectivity index (χ3n) is 5.13. The van der Waals surface area contributed by atoms with E-state index in [1.807, 2.05) is 29.4 Å². The monoisotopic (exact) mass is 363 g/mol. The molecule has 4 rings (SSSR count). The van der Waals surface area contributed by atoms with Crippen molar-refractivity contribution < 1.29 is 4.79 Å². The van der Waals surface area contributed by atoms with E-state index >= 15 is 0 Å². The summed E-state index contributed by atoms with van der Waals surface area (Å²) >= 11 is 0. The maximum absolute atomic E-state index is 12.5. The number of aromatic amines is 2. The fourth-order valence-electron chi connectivity index (χ4n) is 3.82. The molecule has 0 spiro atoms. The average Bonchev–Trinajstić information content (AvgIpc) is 3.36. The Hall–Kier alpha value is -2.89. The second-order valence-electron chi connectivity index (χ2n) is 7.39. The van der Waals surface area contributed by atoms with E-state index in [-0.39, 0.29) is 11.8 Å². The van der Waals surface area contributed by atoms with E-state index in [0.717, 1.165) is 54.3 Å². The number of hydrogen-bond acceptors (Lipinski definition) is 3. The van der Waals surface area contributed by atoms with Crippen LogP contribution in [-0.2, 0) is 17.6 Å². The number of anilines is 1. The van der Waals surface area contributed by atoms with Gasteiger partial charge in [-0.1, -0.05) is 25.5 Å². The van der Waals surface area contributed by atoms with Crippen LogP contribution in [0.4, 0.5) is 5.69 Å². The largest absolute Gasteiger partial charge is 0.342 e. The lowest BCUT2D eigenvalue weighted by molar-refractivity contribution is -0.117. The minimum absolute atomic E-state index is 0.190. The molecule has 6 heteroatoms. The first-order valence-electron chi connectivity index (χ1n) is 9.57. The summed E-state index contributed by atoms with van der Waals surface area (Å²) in [6.45, 7) is 4.94. The Morgan fingerprint density at radius 3 is 3.00 bits per heavy atom. The van der Waals surface area contributed by atoms with Gasteiger partial charge in [-0.15, -0.1) is 0 Å². The molecule has 2 N–H and O–H groups in total. The first kappa shape index (κ1) is 17.5. The molecule has 1 saturated heterocycles. The van der Waals surface area contributed by atoms with Gasteiger partial charge < -0.3 is 9.88 Å². The minimum Gasteiger partial charge on any atom is -0.342 e. The molecule has 3 heterocycles. The van der Waals surface area contributed by atoms with Crippen molar-refractivity contribution in [3.63, 3.8) is 0 Å². The van der Waals surface area contributed by atoms with Gasteiger partial charge >= 0.3 is 0 Å². The molecule has 1 aliphatic rings. The molecule has 6 nitrogen and oxygen atoms in total. The van der Waals surface area contributed by atoms with Crippen molar-refractivity contribution in [1.82, 2.24) is 20.2 Å². The predicted molar refractivity (Wildman–Crippen MR) is 106 cm³/mol. The second-order valence-corrected chi connectivity index (χ2v) is 7.39. The highest BCUT2D eigenvalue weighted by Crippen LogP contribution is 2.29. The highest BCUT2D eigenvalue weighted by molar-refractivity contribution is 5.95. The fourth-order valence-corrected chi connectivity index (χ4v) is 3.82. The Kier molecular flexibility index (Phi) is 4.79. The number of carbonyl (C=O) groups is 1. The Labute approximate surface area is 159 Å². The maximum Gasteiger partial charge on any atom is 0.227 e. The van der Waals surface area contributed by atoms with Gasteiger partial charge in [-0.2, -0.15) is 5.10 Å². The SMILES string of the molecule is CCCc1cnc(-c2cn[nH]c2C[C@H]2CC(=O)N(c3cccc(C)c3)C2)[nH]1. The summed E-state index contributed by atoms with van der Waals surface area (Å²) < 4.78 is 0. The quantitative estimate of drug-likeness (QED) is 0.702. The molecule has 0 saturated carbocycles. The number of hydrogen-bond donors (Lipinski definition) is 2. The molecular formula is C21H25N5O. The lowest BCUT2D eigenvalue weighted by Gasteiger charge is -2.17. The fraction of sp³-hybridized carbons (Fsp3) is 0.381. The zero-order valence-corrected chi connectivity index (χ0v) is 15.8. The van der Waals surface area contributed by atoms with Crippen molar-refractivity contribution in [2.24, 2.45) is 5.92 Å². The molecule has 2 aromatic heterocycles. The van der Waals surface area contributed by atoms with Crippen LogP contribution in [0.3, 0.4) is 0 Å². The number of aryl methyl sites for hydroxylation is 2. The normalized spacial score (nSPS) is 17.0. The van der Waals surface area contributed by atoms with Gasteiger partial charge in [0.25, 0.3) is 0 Å². The number of carbonyl (C=O) groups excluding carboxylic acids is 1. The molecule has 0 radical (unpaired) electrons. The molecule has 1 aromatic carbocycles. The van der Waals surface area contributed by atoms with Gasteiger partial charge in [-0.25, -0.2) is 4.98 Å². The van der Waals surface area contributed by atoms with Crippen LogP contribution in [0.15, 0.2) is 36.7 Å². The number of nitrogens with one attached hydrogen (secondary N) is 2. The van der Waals surface area contributed by atoms with Gasteiger partial charge in [0.15, 0.2) is 0 Å². The van der Waals surface area contributed by atoms with Gasteiger partial charge in [0, 0.05) is 36.2 Å². The second kappa shape index (κ2) is 7.39. The van der Waals surface area contributed by atoms with Crippen LogP contribution in [0.5, 0.6) is 0 Å². The summed E-state index contributed by atoms with van der Waals surface area (Å²) in [4.78, 5) is 22.3. The summed E-state index contributed by atoms with van der Waals surface area (Å²) in [7, 11) is 0. The number of amides is 1. The van der Waals surface area contributed by atoms with Crippen molar-refractivity contribution in [2.75, 3.05) is 11.4 Å². The van der Waals surface area contributed by atoms with Crippen molar-refractivity contribution in [1.29, 1.82) is 0 Å². The summed E-state index contributed by atoms with van der Waals surface area (Å²) in [6.07, 6.45) is 7.13. The molecule has 0 bridgehead atoms. The maximum atomic E-state index is 12.5. The van der Waals surface area contributed by atoms with Crippen molar-refractivity contribution in [3.05, 3.63) is 53.6 Å². The van der Waals surface area contributed by atoms with Crippen LogP contribution in [0.2, 0.25) is 0 Å². The van der Waals surface area contributed by atoms with Gasteiger partial charge in [-0.3, -0.25) is 9.89 Å². The Balaban J connectivity index is 1.49. The predicted octanol–water partition coefficient (Wildman–Crippen LogP) is 3.66. The highest BCUT2D eigenvalue weighted by Gasteiger charge is 2.31. The highest BCUT2D eigenvalue weighted by atomic mass is 16.2. The van der Waals surface area contributed by atoms with E-state index in [2.05, 4.69) is 46.1 Å². The topological polar surface area (TPSA) is 77.7 Å². The first-order chi connectivity index (χ1) is 13.1. The standard InChI is InChI=1S/C21H25N5O/c1-3-5-16-11-22-21(24-16)18-12-23-25-19(18)9-15-10-20(27)26(13-15)17-7-4-6-14(2)8-17/h4,6-8,11-12,15H,3,5,9-10,13H2,1-2H3,(H,22,24)(H,23,25)/t15-/m0/s1. The smallest absolute Gasteiger partial charge is 0.227 e. The van der Waals surface area contributed by atoms with E-state index in [0.29, 0.717) is 6.42 Å². The third kappa shape index (κ3) is 3.65. The van der Waals surface area contributed by atoms with Crippen molar-refractivity contribution in [2.45, 2.75) is 39.5 Å². The lowest BCUT2D eigenvalue weighted by Crippen LogP contribution is -2.24. The van der Waals surface area contributed by atoms with E-state index in [1.165, 1.54) is 5.56 Å². The molecule has 1 atom stereocenters. The molecule has 1 aliphatic heterocycles. The number of H-pyrrole nitrogens is 2. The summed E-state index contributed by atoms with van der Waals surface area (Å²) in [5.41, 5.74) is 5.33. The van der Waals surface area contributed by atoms with E-state index in [4.69, 9.17) is 0 Å². The van der Waals surface area contributed by atoms with Gasteiger partial charge in [-0.05, 0) is 43.4 Å². The van der Waals surface area contributed by atoms with Gasteiger partial charge in [0.05, 0.1) is 11.8 Å². The Morgan fingerprint density at radius 2 is 2.19 bits per heavy atom. The van der Waals surface area contributed by atoms with E-state index in [1.54, 1.807) is 0 Å². The molecular weight excluding hydrogens is 338 g/mol. The van der Waals surface area contributed by atoms with Crippen LogP contribution >= 0.6 is 0 Å².